The molecule has 4 atom stereocenters. The number of nitrogens with zero attached hydrogens (tertiary/aromatic N) is 1. The first-order chi connectivity index (χ1) is 15.5. The maximum Gasteiger partial charge on any atom is 0.224 e. The van der Waals surface area contributed by atoms with E-state index in [9.17, 15) is 19.6 Å². The summed E-state index contributed by atoms with van der Waals surface area (Å²) in [6.45, 7) is 0.607. The normalized spacial score (nSPS) is 23.3. The van der Waals surface area contributed by atoms with Crippen molar-refractivity contribution in [2.45, 2.75) is 57.0 Å². The smallest absolute Gasteiger partial charge is 0.224 e. The molecule has 2 aliphatic heterocycles. The molecule has 8 heteroatoms. The van der Waals surface area contributed by atoms with Crippen LogP contribution in [0.3, 0.4) is 0 Å². The molecule has 2 amide bonds. The predicted molar refractivity (Wildman–Crippen MR) is 118 cm³/mol. The quantitative estimate of drug-likeness (QED) is 0.513. The van der Waals surface area contributed by atoms with Crippen LogP contribution in [0.1, 0.15) is 44.1 Å². The summed E-state index contributed by atoms with van der Waals surface area (Å²) in [6.07, 6.45) is 4.46. The van der Waals surface area contributed by atoms with E-state index in [0.717, 1.165) is 29.8 Å². The highest BCUT2D eigenvalue weighted by atomic mass is 16.5. The van der Waals surface area contributed by atoms with Crippen molar-refractivity contribution in [2.75, 3.05) is 19.0 Å². The fraction of sp³-hybridized carbons (Fsp3) is 0.583. The van der Waals surface area contributed by atoms with Crippen molar-refractivity contribution in [1.29, 1.82) is 5.26 Å². The predicted octanol–water partition coefficient (Wildman–Crippen LogP) is 1.94. The number of carbonyl (C=O) groups excluding carboxylic acids is 3. The van der Waals surface area contributed by atoms with Gasteiger partial charge in [-0.15, -0.1) is 0 Å². The summed E-state index contributed by atoms with van der Waals surface area (Å²) in [5.41, 5.74) is 1.88. The van der Waals surface area contributed by atoms with E-state index >= 15 is 0 Å². The fourth-order valence-corrected chi connectivity index (χ4v) is 4.75. The summed E-state index contributed by atoms with van der Waals surface area (Å²) in [4.78, 5) is 38.0. The van der Waals surface area contributed by atoms with Crippen LogP contribution in [0.4, 0.5) is 5.69 Å². The summed E-state index contributed by atoms with van der Waals surface area (Å²) in [6, 6.07) is 6.69. The third kappa shape index (κ3) is 5.04. The first-order valence-electron chi connectivity index (χ1n) is 11.4. The number of benzene rings is 1. The lowest BCUT2D eigenvalue weighted by Crippen LogP contribution is -2.41. The van der Waals surface area contributed by atoms with E-state index in [-0.39, 0.29) is 36.0 Å². The fourth-order valence-electron chi connectivity index (χ4n) is 4.75. The molecule has 1 aliphatic carbocycles. The molecular formula is C24H30N4O4. The van der Waals surface area contributed by atoms with Gasteiger partial charge in [0.1, 0.15) is 11.8 Å². The van der Waals surface area contributed by atoms with Crippen LogP contribution in [-0.4, -0.2) is 43.3 Å². The van der Waals surface area contributed by atoms with Crippen LogP contribution < -0.4 is 20.7 Å². The van der Waals surface area contributed by atoms with Crippen LogP contribution in [0.25, 0.3) is 0 Å². The van der Waals surface area contributed by atoms with Crippen LogP contribution in [0.2, 0.25) is 0 Å². The summed E-state index contributed by atoms with van der Waals surface area (Å²) >= 11 is 0. The molecular weight excluding hydrogens is 408 g/mol. The highest BCUT2D eigenvalue weighted by molar-refractivity contribution is 5.93. The number of nitrogens with one attached hydrogen (secondary N) is 3. The number of methoxy groups -OCH3 is 1. The van der Waals surface area contributed by atoms with Gasteiger partial charge >= 0.3 is 0 Å². The van der Waals surface area contributed by atoms with Crippen molar-refractivity contribution >= 4 is 23.3 Å². The minimum Gasteiger partial charge on any atom is -0.496 e. The van der Waals surface area contributed by atoms with Gasteiger partial charge in [0, 0.05) is 42.5 Å². The highest BCUT2D eigenvalue weighted by Crippen LogP contribution is 2.38. The molecule has 2 fully saturated rings. The molecule has 1 aromatic rings. The molecule has 1 aromatic carbocycles. The minimum absolute atomic E-state index is 0.00673. The molecule has 32 heavy (non-hydrogen) atoms. The average Bonchev–Trinajstić information content (AvgIpc) is 3.35. The molecule has 0 radical (unpaired) electrons. The Morgan fingerprint density at radius 3 is 2.75 bits per heavy atom. The lowest BCUT2D eigenvalue weighted by molar-refractivity contribution is -0.130. The number of nitriles is 1. The Labute approximate surface area is 188 Å². The molecule has 0 aromatic heterocycles. The van der Waals surface area contributed by atoms with Crippen LogP contribution >= 0.6 is 0 Å². The number of hydrogen-bond acceptors (Lipinski definition) is 6. The Morgan fingerprint density at radius 1 is 1.28 bits per heavy atom. The Morgan fingerprint density at radius 2 is 2.09 bits per heavy atom. The molecule has 1 unspecified atom stereocenters. The third-order valence-electron chi connectivity index (χ3n) is 6.77. The lowest BCUT2D eigenvalue weighted by atomic mass is 9.91. The Bertz CT molecular complexity index is 936. The van der Waals surface area contributed by atoms with E-state index in [1.165, 1.54) is 0 Å². The number of amides is 2. The molecule has 170 valence electrons. The number of hydrogen-bond donors (Lipinski definition) is 3. The number of rotatable bonds is 10. The molecule has 1 saturated heterocycles. The van der Waals surface area contributed by atoms with Crippen molar-refractivity contribution in [2.24, 2.45) is 17.8 Å². The summed E-state index contributed by atoms with van der Waals surface area (Å²) < 4.78 is 5.41. The van der Waals surface area contributed by atoms with E-state index in [1.54, 1.807) is 7.11 Å². The second kappa shape index (κ2) is 9.60. The Balaban J connectivity index is 1.37. The van der Waals surface area contributed by atoms with Gasteiger partial charge in [0.2, 0.25) is 11.8 Å². The molecule has 3 N–H and O–H groups in total. The van der Waals surface area contributed by atoms with Gasteiger partial charge in [-0.3, -0.25) is 14.4 Å². The molecule has 4 rings (SSSR count). The lowest BCUT2D eigenvalue weighted by Gasteiger charge is -2.21. The first-order valence-corrected chi connectivity index (χ1v) is 11.4. The van der Waals surface area contributed by atoms with Crippen molar-refractivity contribution in [3.05, 3.63) is 23.8 Å². The van der Waals surface area contributed by atoms with Crippen molar-refractivity contribution in [1.82, 2.24) is 10.6 Å². The second-order valence-corrected chi connectivity index (χ2v) is 9.14. The topological polar surface area (TPSA) is 120 Å². The zero-order chi connectivity index (χ0) is 22.7. The van der Waals surface area contributed by atoms with E-state index in [2.05, 4.69) is 22.0 Å². The zero-order valence-electron chi connectivity index (χ0n) is 18.4. The number of Topliss-reactive ketones (excluding diaryl/α,β-unsaturated/α-hetero) is 1. The van der Waals surface area contributed by atoms with Crippen LogP contribution in [0.5, 0.6) is 5.75 Å². The Kier molecular flexibility index (Phi) is 6.63. The van der Waals surface area contributed by atoms with Gasteiger partial charge in [-0.1, -0.05) is 18.9 Å². The molecule has 1 saturated carbocycles. The van der Waals surface area contributed by atoms with Gasteiger partial charge in [0.15, 0.2) is 5.78 Å². The van der Waals surface area contributed by atoms with E-state index < -0.39 is 12.0 Å². The maximum absolute atomic E-state index is 13.1. The molecule has 0 bridgehead atoms. The van der Waals surface area contributed by atoms with Crippen molar-refractivity contribution in [3.8, 4) is 11.8 Å². The molecule has 3 aliphatic rings. The number of ketones is 1. The molecule has 0 spiro atoms. The highest BCUT2D eigenvalue weighted by Gasteiger charge is 2.36. The number of carbonyl (C=O) groups is 3. The van der Waals surface area contributed by atoms with Gasteiger partial charge < -0.3 is 20.7 Å². The third-order valence-corrected chi connectivity index (χ3v) is 6.77. The van der Waals surface area contributed by atoms with E-state index in [1.807, 2.05) is 18.2 Å². The molecule has 2 heterocycles. The molecule has 8 nitrogen and oxygen atoms in total. The zero-order valence-corrected chi connectivity index (χ0v) is 18.4. The first kappa shape index (κ1) is 22.1. The summed E-state index contributed by atoms with van der Waals surface area (Å²) in [5, 5.41) is 18.4. The van der Waals surface area contributed by atoms with Gasteiger partial charge in [-0.05, 0) is 37.3 Å². The van der Waals surface area contributed by atoms with Gasteiger partial charge in [-0.2, -0.15) is 5.26 Å². The number of anilines is 1. The summed E-state index contributed by atoms with van der Waals surface area (Å²) in [5.74, 6) is 0.178. The van der Waals surface area contributed by atoms with E-state index in [0.29, 0.717) is 38.1 Å². The minimum atomic E-state index is -0.730. The SMILES string of the molecule is COc1cccc2c1CC(C(=O)C[C@@H](CC1CC1)C(=O)N[C@H](C#N)C[C@@H]1CCNC1=O)N2. The van der Waals surface area contributed by atoms with Gasteiger partial charge in [-0.25, -0.2) is 0 Å². The van der Waals surface area contributed by atoms with E-state index in [4.69, 9.17) is 4.74 Å². The van der Waals surface area contributed by atoms with Crippen LogP contribution in [0.15, 0.2) is 18.2 Å². The largest absolute Gasteiger partial charge is 0.496 e. The average molecular weight is 439 g/mol. The maximum atomic E-state index is 13.1. The second-order valence-electron chi connectivity index (χ2n) is 9.14. The van der Waals surface area contributed by atoms with Crippen LogP contribution in [-0.2, 0) is 20.8 Å². The van der Waals surface area contributed by atoms with Crippen molar-refractivity contribution in [3.63, 3.8) is 0 Å². The number of ether oxygens (including phenoxy) is 1. The van der Waals surface area contributed by atoms with Gasteiger partial charge in [0.05, 0.1) is 19.2 Å². The van der Waals surface area contributed by atoms with Gasteiger partial charge in [0.25, 0.3) is 0 Å². The Hall–Kier alpha value is -3.08. The van der Waals surface area contributed by atoms with Crippen LogP contribution in [0, 0.1) is 29.1 Å². The number of fused-ring (bicyclic) bond motifs is 1. The van der Waals surface area contributed by atoms with Crippen molar-refractivity contribution < 1.29 is 19.1 Å². The standard InChI is InChI=1S/C24H30N4O4/c1-32-22-4-2-3-19-18(22)12-20(28-19)21(29)11-16(9-14-5-6-14)24(31)27-17(13-25)10-15-7-8-26-23(15)30/h2-4,14-17,20,28H,5-12H2,1H3,(H,26,30)(H,27,31)/t15-,16+,17-,20?/m0/s1. The monoisotopic (exact) mass is 438 g/mol. The summed E-state index contributed by atoms with van der Waals surface area (Å²) in [7, 11) is 1.61.